The molecule has 0 radical (unpaired) electrons. The maximum atomic E-state index is 12.0. The van der Waals surface area contributed by atoms with Crippen molar-refractivity contribution in [2.75, 3.05) is 4.72 Å². The van der Waals surface area contributed by atoms with Crippen molar-refractivity contribution in [1.29, 1.82) is 0 Å². The van der Waals surface area contributed by atoms with Crippen LogP contribution in [-0.4, -0.2) is 18.5 Å². The van der Waals surface area contributed by atoms with Crippen LogP contribution in [-0.2, 0) is 10.0 Å². The number of hydrogen-bond donors (Lipinski definition) is 2. The SMILES string of the molecule is O=S(=O)(Nc1cccc(O)c1)c1cnccc1Cl. The fourth-order valence-electron chi connectivity index (χ4n) is 1.34. The minimum Gasteiger partial charge on any atom is -0.508 e. The lowest BCUT2D eigenvalue weighted by Gasteiger charge is -2.08. The van der Waals surface area contributed by atoms with Crippen molar-refractivity contribution < 1.29 is 13.5 Å². The predicted octanol–water partition coefficient (Wildman–Crippen LogP) is 2.24. The van der Waals surface area contributed by atoms with E-state index >= 15 is 0 Å². The van der Waals surface area contributed by atoms with Crippen molar-refractivity contribution in [3.05, 3.63) is 47.7 Å². The zero-order valence-electron chi connectivity index (χ0n) is 9.04. The smallest absolute Gasteiger partial charge is 0.264 e. The Bertz CT molecular complexity index is 673. The number of hydrogen-bond acceptors (Lipinski definition) is 4. The molecule has 1 aromatic heterocycles. The zero-order chi connectivity index (χ0) is 13.2. The van der Waals surface area contributed by atoms with Crippen molar-refractivity contribution in [1.82, 2.24) is 4.98 Å². The first kappa shape index (κ1) is 12.7. The Morgan fingerprint density at radius 2 is 2.06 bits per heavy atom. The standard InChI is InChI=1S/C11H9ClN2O3S/c12-10-4-5-13-7-11(10)18(16,17)14-8-2-1-3-9(15)6-8/h1-7,14-15H. The van der Waals surface area contributed by atoms with Crippen LogP contribution in [0.1, 0.15) is 0 Å². The van der Waals surface area contributed by atoms with Crippen LogP contribution in [0.4, 0.5) is 5.69 Å². The predicted molar refractivity (Wildman–Crippen MR) is 68.2 cm³/mol. The molecule has 1 aromatic carbocycles. The second kappa shape index (κ2) is 4.83. The van der Waals surface area contributed by atoms with Gasteiger partial charge in [0.15, 0.2) is 0 Å². The average Bonchev–Trinajstić information content (AvgIpc) is 2.28. The van der Waals surface area contributed by atoms with E-state index in [0.29, 0.717) is 0 Å². The summed E-state index contributed by atoms with van der Waals surface area (Å²) in [6, 6.07) is 7.16. The molecule has 94 valence electrons. The van der Waals surface area contributed by atoms with E-state index in [0.717, 1.165) is 6.20 Å². The summed E-state index contributed by atoms with van der Waals surface area (Å²) in [6.07, 6.45) is 2.56. The van der Waals surface area contributed by atoms with Crippen LogP contribution in [0.25, 0.3) is 0 Å². The van der Waals surface area contributed by atoms with Gasteiger partial charge in [-0.3, -0.25) is 9.71 Å². The highest BCUT2D eigenvalue weighted by Crippen LogP contribution is 2.23. The highest BCUT2D eigenvalue weighted by atomic mass is 35.5. The van der Waals surface area contributed by atoms with Crippen LogP contribution in [0.2, 0.25) is 5.02 Å². The summed E-state index contributed by atoms with van der Waals surface area (Å²) in [6.45, 7) is 0. The number of rotatable bonds is 3. The van der Waals surface area contributed by atoms with Crippen molar-refractivity contribution in [3.8, 4) is 5.75 Å². The van der Waals surface area contributed by atoms with Gasteiger partial charge in [-0.25, -0.2) is 8.42 Å². The molecule has 0 saturated heterocycles. The summed E-state index contributed by atoms with van der Waals surface area (Å²) < 4.78 is 26.3. The molecule has 2 aromatic rings. The number of pyridine rings is 1. The third-order valence-corrected chi connectivity index (χ3v) is 3.97. The maximum absolute atomic E-state index is 12.0. The molecular formula is C11H9ClN2O3S. The lowest BCUT2D eigenvalue weighted by Crippen LogP contribution is -2.13. The number of sulfonamides is 1. The summed E-state index contributed by atoms with van der Waals surface area (Å²) in [5.41, 5.74) is 0.245. The third-order valence-electron chi connectivity index (χ3n) is 2.12. The van der Waals surface area contributed by atoms with Crippen molar-refractivity contribution >= 4 is 27.3 Å². The molecule has 0 amide bonds. The Hall–Kier alpha value is -1.79. The molecule has 7 heteroatoms. The first-order valence-electron chi connectivity index (χ1n) is 4.90. The highest BCUT2D eigenvalue weighted by molar-refractivity contribution is 7.92. The molecule has 2 N–H and O–H groups in total. The van der Waals surface area contributed by atoms with Gasteiger partial charge in [-0.05, 0) is 18.2 Å². The van der Waals surface area contributed by atoms with Gasteiger partial charge in [0.1, 0.15) is 10.6 Å². The number of aromatic nitrogens is 1. The van der Waals surface area contributed by atoms with E-state index in [1.807, 2.05) is 0 Å². The zero-order valence-corrected chi connectivity index (χ0v) is 10.6. The van der Waals surface area contributed by atoms with Gasteiger partial charge in [0.05, 0.1) is 10.7 Å². The molecule has 0 aliphatic carbocycles. The molecule has 0 spiro atoms. The van der Waals surface area contributed by atoms with Gasteiger partial charge in [0.2, 0.25) is 0 Å². The first-order chi connectivity index (χ1) is 8.49. The molecular weight excluding hydrogens is 276 g/mol. The van der Waals surface area contributed by atoms with Gasteiger partial charge in [-0.1, -0.05) is 17.7 Å². The number of phenolic OH excluding ortho intramolecular Hbond substituents is 1. The maximum Gasteiger partial charge on any atom is 0.264 e. The molecule has 2 rings (SSSR count). The van der Waals surface area contributed by atoms with Gasteiger partial charge in [0, 0.05) is 18.5 Å². The van der Waals surface area contributed by atoms with Crippen LogP contribution in [0.15, 0.2) is 47.6 Å². The number of halogens is 1. The van der Waals surface area contributed by atoms with Gasteiger partial charge >= 0.3 is 0 Å². The summed E-state index contributed by atoms with van der Waals surface area (Å²) in [7, 11) is -3.82. The summed E-state index contributed by atoms with van der Waals surface area (Å²) in [4.78, 5) is 3.60. The molecule has 0 aliphatic rings. The number of phenols is 1. The summed E-state index contributed by atoms with van der Waals surface area (Å²) in [5, 5.41) is 9.34. The van der Waals surface area contributed by atoms with E-state index in [1.165, 1.54) is 36.5 Å². The quantitative estimate of drug-likeness (QED) is 0.906. The normalized spacial score (nSPS) is 11.2. The minimum atomic E-state index is -3.82. The van der Waals surface area contributed by atoms with Gasteiger partial charge < -0.3 is 5.11 Å². The van der Waals surface area contributed by atoms with Gasteiger partial charge in [-0.2, -0.15) is 0 Å². The van der Waals surface area contributed by atoms with Crippen molar-refractivity contribution in [3.63, 3.8) is 0 Å². The van der Waals surface area contributed by atoms with E-state index in [4.69, 9.17) is 11.6 Å². The second-order valence-electron chi connectivity index (χ2n) is 3.46. The molecule has 18 heavy (non-hydrogen) atoms. The van der Waals surface area contributed by atoms with E-state index in [9.17, 15) is 13.5 Å². The molecule has 1 heterocycles. The molecule has 0 unspecified atom stereocenters. The highest BCUT2D eigenvalue weighted by Gasteiger charge is 2.18. The fourth-order valence-corrected chi connectivity index (χ4v) is 2.82. The van der Waals surface area contributed by atoms with Gasteiger partial charge in [0.25, 0.3) is 10.0 Å². The van der Waals surface area contributed by atoms with Crippen LogP contribution in [0.5, 0.6) is 5.75 Å². The Kier molecular flexibility index (Phi) is 3.40. The monoisotopic (exact) mass is 284 g/mol. The average molecular weight is 285 g/mol. The molecule has 0 fully saturated rings. The van der Waals surface area contributed by atoms with E-state index in [-0.39, 0.29) is 21.4 Å². The lowest BCUT2D eigenvalue weighted by atomic mass is 10.3. The third kappa shape index (κ3) is 2.72. The van der Waals surface area contributed by atoms with Crippen molar-refractivity contribution in [2.45, 2.75) is 4.90 Å². The number of nitrogens with one attached hydrogen (secondary N) is 1. The largest absolute Gasteiger partial charge is 0.508 e. The molecule has 0 aliphatic heterocycles. The molecule has 0 saturated carbocycles. The van der Waals surface area contributed by atoms with Crippen LogP contribution in [0, 0.1) is 0 Å². The summed E-state index contributed by atoms with van der Waals surface area (Å²) >= 11 is 5.80. The first-order valence-corrected chi connectivity index (χ1v) is 6.76. The number of anilines is 1. The van der Waals surface area contributed by atoms with E-state index in [1.54, 1.807) is 0 Å². The van der Waals surface area contributed by atoms with E-state index in [2.05, 4.69) is 9.71 Å². The Morgan fingerprint density at radius 3 is 2.72 bits per heavy atom. The summed E-state index contributed by atoms with van der Waals surface area (Å²) in [5.74, 6) is -0.0347. The van der Waals surface area contributed by atoms with Crippen LogP contribution in [0.3, 0.4) is 0 Å². The second-order valence-corrected chi connectivity index (χ2v) is 5.52. The lowest BCUT2D eigenvalue weighted by molar-refractivity contribution is 0.475. The van der Waals surface area contributed by atoms with Crippen molar-refractivity contribution in [2.24, 2.45) is 0 Å². The number of nitrogens with zero attached hydrogens (tertiary/aromatic N) is 1. The Morgan fingerprint density at radius 1 is 1.28 bits per heavy atom. The Labute approximate surface area is 109 Å². The topological polar surface area (TPSA) is 79.3 Å². The molecule has 0 bridgehead atoms. The molecule has 0 atom stereocenters. The van der Waals surface area contributed by atoms with E-state index < -0.39 is 10.0 Å². The molecule has 5 nitrogen and oxygen atoms in total. The minimum absolute atomic E-state index is 0.0347. The Balaban J connectivity index is 2.37. The fraction of sp³-hybridized carbons (Fsp3) is 0. The number of benzene rings is 1. The van der Waals surface area contributed by atoms with Crippen LogP contribution >= 0.6 is 11.6 Å². The van der Waals surface area contributed by atoms with Crippen LogP contribution < -0.4 is 4.72 Å². The van der Waals surface area contributed by atoms with Gasteiger partial charge in [-0.15, -0.1) is 0 Å². The number of aromatic hydroxyl groups is 1.